The van der Waals surface area contributed by atoms with E-state index in [0.717, 1.165) is 5.56 Å². The Hall–Kier alpha value is -0.640. The van der Waals surface area contributed by atoms with Gasteiger partial charge >= 0.3 is 0 Å². The van der Waals surface area contributed by atoms with Crippen LogP contribution < -0.4 is 15.2 Å². The second kappa shape index (κ2) is 7.22. The van der Waals surface area contributed by atoms with E-state index in [0.29, 0.717) is 22.4 Å². The largest absolute Gasteiger partial charge is 0.493 e. The van der Waals surface area contributed by atoms with Gasteiger partial charge in [-0.1, -0.05) is 30.5 Å². The monoisotopic (exact) mass is 305 g/mol. The number of nitrogens with two attached hydrogens (primary N) is 1. The average molecular weight is 306 g/mol. The second-order valence-corrected chi connectivity index (χ2v) is 5.15. The van der Waals surface area contributed by atoms with Crippen molar-refractivity contribution < 1.29 is 9.47 Å². The highest BCUT2D eigenvalue weighted by Crippen LogP contribution is 2.43. The van der Waals surface area contributed by atoms with Crippen LogP contribution in [0.3, 0.4) is 0 Å². The summed E-state index contributed by atoms with van der Waals surface area (Å²) in [5.74, 6) is 1.75. The van der Waals surface area contributed by atoms with Gasteiger partial charge in [-0.2, -0.15) is 0 Å². The number of hydrogen-bond acceptors (Lipinski definition) is 3. The van der Waals surface area contributed by atoms with Gasteiger partial charge in [-0.15, -0.1) is 12.4 Å². The van der Waals surface area contributed by atoms with Crippen LogP contribution in [0.5, 0.6) is 11.5 Å². The molecule has 1 aliphatic carbocycles. The summed E-state index contributed by atoms with van der Waals surface area (Å²) in [7, 11) is 3.19. The maximum Gasteiger partial charge on any atom is 0.179 e. The normalized spacial score (nSPS) is 16.8. The highest BCUT2D eigenvalue weighted by atomic mass is 35.5. The van der Waals surface area contributed by atoms with Gasteiger partial charge in [0.1, 0.15) is 0 Å². The molecule has 1 aromatic rings. The standard InChI is InChI=1S/C14H20ClNO2.ClH/c1-17-11-8-7-10(12(15)14(11)18-2)13(16)9-5-3-4-6-9;/h7-9,13H,3-6,16H2,1-2H3;1H/t13-;/m1./s1. The van der Waals surface area contributed by atoms with Crippen molar-refractivity contribution in [2.24, 2.45) is 11.7 Å². The Kier molecular flexibility index (Phi) is 6.24. The SMILES string of the molecule is COc1ccc([C@H](N)C2CCCC2)c(Cl)c1OC.Cl. The van der Waals surface area contributed by atoms with Gasteiger partial charge < -0.3 is 15.2 Å². The van der Waals surface area contributed by atoms with E-state index in [2.05, 4.69) is 0 Å². The van der Waals surface area contributed by atoms with Crippen molar-refractivity contribution in [1.82, 2.24) is 0 Å². The van der Waals surface area contributed by atoms with Crippen molar-refractivity contribution in [3.8, 4) is 11.5 Å². The van der Waals surface area contributed by atoms with Crippen LogP contribution in [0, 0.1) is 5.92 Å². The Morgan fingerprint density at radius 1 is 1.21 bits per heavy atom. The van der Waals surface area contributed by atoms with Crippen LogP contribution >= 0.6 is 24.0 Å². The van der Waals surface area contributed by atoms with Gasteiger partial charge in [0.2, 0.25) is 0 Å². The van der Waals surface area contributed by atoms with Crippen LogP contribution in [0.25, 0.3) is 0 Å². The molecule has 3 nitrogen and oxygen atoms in total. The minimum absolute atomic E-state index is 0. The smallest absolute Gasteiger partial charge is 0.179 e. The van der Waals surface area contributed by atoms with E-state index < -0.39 is 0 Å². The summed E-state index contributed by atoms with van der Waals surface area (Å²) in [6.45, 7) is 0. The summed E-state index contributed by atoms with van der Waals surface area (Å²) in [5.41, 5.74) is 7.29. The molecular weight excluding hydrogens is 285 g/mol. The first-order chi connectivity index (χ1) is 8.69. The zero-order chi connectivity index (χ0) is 13.1. The van der Waals surface area contributed by atoms with Gasteiger partial charge in [-0.05, 0) is 30.4 Å². The van der Waals surface area contributed by atoms with Crippen molar-refractivity contribution >= 4 is 24.0 Å². The molecule has 0 amide bonds. The van der Waals surface area contributed by atoms with Gasteiger partial charge in [0.05, 0.1) is 19.2 Å². The van der Waals surface area contributed by atoms with Gasteiger partial charge in [0.25, 0.3) is 0 Å². The third-order valence-electron chi connectivity index (χ3n) is 3.78. The number of ether oxygens (including phenoxy) is 2. The lowest BCUT2D eigenvalue weighted by molar-refractivity contribution is 0.353. The highest BCUT2D eigenvalue weighted by molar-refractivity contribution is 6.33. The van der Waals surface area contributed by atoms with E-state index in [1.807, 2.05) is 12.1 Å². The molecule has 0 aliphatic heterocycles. The molecule has 1 saturated carbocycles. The molecule has 0 heterocycles. The maximum atomic E-state index is 6.38. The van der Waals surface area contributed by atoms with E-state index in [1.54, 1.807) is 14.2 Å². The highest BCUT2D eigenvalue weighted by Gasteiger charge is 2.26. The third kappa shape index (κ3) is 3.28. The zero-order valence-electron chi connectivity index (χ0n) is 11.3. The number of hydrogen-bond donors (Lipinski definition) is 1. The fourth-order valence-corrected chi connectivity index (χ4v) is 3.09. The van der Waals surface area contributed by atoms with Gasteiger partial charge in [-0.3, -0.25) is 0 Å². The molecule has 0 unspecified atom stereocenters. The number of methoxy groups -OCH3 is 2. The Morgan fingerprint density at radius 3 is 2.37 bits per heavy atom. The lowest BCUT2D eigenvalue weighted by atomic mass is 9.92. The molecule has 0 spiro atoms. The molecule has 5 heteroatoms. The van der Waals surface area contributed by atoms with Crippen molar-refractivity contribution in [3.63, 3.8) is 0 Å². The van der Waals surface area contributed by atoms with Gasteiger partial charge in [-0.25, -0.2) is 0 Å². The van der Waals surface area contributed by atoms with Crippen LogP contribution in [0.2, 0.25) is 5.02 Å². The minimum atomic E-state index is -0.0141. The van der Waals surface area contributed by atoms with Crippen molar-refractivity contribution in [2.45, 2.75) is 31.7 Å². The van der Waals surface area contributed by atoms with Crippen LogP contribution in [0.1, 0.15) is 37.3 Å². The van der Waals surface area contributed by atoms with Crippen molar-refractivity contribution in [2.75, 3.05) is 14.2 Å². The van der Waals surface area contributed by atoms with Crippen LogP contribution in [0.4, 0.5) is 0 Å². The minimum Gasteiger partial charge on any atom is -0.493 e. The Morgan fingerprint density at radius 2 is 1.84 bits per heavy atom. The summed E-state index contributed by atoms with van der Waals surface area (Å²) in [5, 5.41) is 0.580. The summed E-state index contributed by atoms with van der Waals surface area (Å²) in [4.78, 5) is 0. The molecule has 1 aliphatic rings. The van der Waals surface area contributed by atoms with Crippen molar-refractivity contribution in [1.29, 1.82) is 0 Å². The molecule has 0 aromatic heterocycles. The molecule has 19 heavy (non-hydrogen) atoms. The predicted octanol–water partition coefficient (Wildman–Crippen LogP) is 3.97. The van der Waals surface area contributed by atoms with Crippen LogP contribution in [-0.4, -0.2) is 14.2 Å². The Bertz CT molecular complexity index is 420. The van der Waals surface area contributed by atoms with Gasteiger partial charge in [0.15, 0.2) is 11.5 Å². The summed E-state index contributed by atoms with van der Waals surface area (Å²) >= 11 is 6.38. The first kappa shape index (κ1) is 16.4. The van der Waals surface area contributed by atoms with E-state index in [-0.39, 0.29) is 18.4 Å². The Balaban J connectivity index is 0.00000180. The lowest BCUT2D eigenvalue weighted by Gasteiger charge is -2.22. The number of benzene rings is 1. The molecule has 1 aromatic carbocycles. The molecule has 0 bridgehead atoms. The summed E-state index contributed by atoms with van der Waals surface area (Å²) in [6.07, 6.45) is 4.91. The number of halogens is 2. The molecule has 2 N–H and O–H groups in total. The fraction of sp³-hybridized carbons (Fsp3) is 0.571. The molecule has 1 fully saturated rings. The lowest BCUT2D eigenvalue weighted by Crippen LogP contribution is -2.19. The quantitative estimate of drug-likeness (QED) is 0.915. The Labute approximate surface area is 125 Å². The second-order valence-electron chi connectivity index (χ2n) is 4.77. The third-order valence-corrected chi connectivity index (χ3v) is 4.17. The van der Waals surface area contributed by atoms with E-state index in [9.17, 15) is 0 Å². The molecule has 108 valence electrons. The van der Waals surface area contributed by atoms with E-state index in [1.165, 1.54) is 25.7 Å². The topological polar surface area (TPSA) is 44.5 Å². The number of rotatable bonds is 4. The zero-order valence-corrected chi connectivity index (χ0v) is 12.9. The first-order valence-electron chi connectivity index (χ1n) is 6.35. The molecule has 2 rings (SSSR count). The van der Waals surface area contributed by atoms with Crippen LogP contribution in [-0.2, 0) is 0 Å². The van der Waals surface area contributed by atoms with E-state index >= 15 is 0 Å². The average Bonchev–Trinajstić information content (AvgIpc) is 2.91. The van der Waals surface area contributed by atoms with E-state index in [4.69, 9.17) is 26.8 Å². The summed E-state index contributed by atoms with van der Waals surface area (Å²) < 4.78 is 10.5. The van der Waals surface area contributed by atoms with Crippen LogP contribution in [0.15, 0.2) is 12.1 Å². The molecular formula is C14H21Cl2NO2. The van der Waals surface area contributed by atoms with Gasteiger partial charge in [0, 0.05) is 6.04 Å². The first-order valence-corrected chi connectivity index (χ1v) is 6.72. The fourth-order valence-electron chi connectivity index (χ4n) is 2.73. The molecule has 1 atom stereocenters. The summed E-state index contributed by atoms with van der Waals surface area (Å²) in [6, 6.07) is 3.81. The predicted molar refractivity (Wildman–Crippen MR) is 80.7 cm³/mol. The maximum absolute atomic E-state index is 6.38. The van der Waals surface area contributed by atoms with Crippen molar-refractivity contribution in [3.05, 3.63) is 22.7 Å². The molecule has 0 radical (unpaired) electrons. The molecule has 0 saturated heterocycles.